The molecule has 1 N–H and O–H groups in total. The summed E-state index contributed by atoms with van der Waals surface area (Å²) in [6.07, 6.45) is 4.10. The summed E-state index contributed by atoms with van der Waals surface area (Å²) in [5.41, 5.74) is 0.413. The first-order valence-corrected chi connectivity index (χ1v) is 6.36. The lowest BCUT2D eigenvalue weighted by atomic mass is 9.89. The number of nitrogens with one attached hydrogen (secondary N) is 1. The van der Waals surface area contributed by atoms with Gasteiger partial charge >= 0.3 is 0 Å². The SMILES string of the molecule is CC1(C2CC2)CNCCN1C1CCOC1. The van der Waals surface area contributed by atoms with Gasteiger partial charge in [-0.3, -0.25) is 4.90 Å². The highest BCUT2D eigenvalue weighted by Crippen LogP contribution is 2.44. The largest absolute Gasteiger partial charge is 0.380 e. The second-order valence-electron chi connectivity index (χ2n) is 5.52. The molecule has 3 fully saturated rings. The first-order chi connectivity index (χ1) is 7.31. The van der Waals surface area contributed by atoms with Crippen LogP contribution in [0.3, 0.4) is 0 Å². The van der Waals surface area contributed by atoms with Crippen LogP contribution in [0.2, 0.25) is 0 Å². The van der Waals surface area contributed by atoms with Crippen molar-refractivity contribution in [1.82, 2.24) is 10.2 Å². The molecular formula is C12H22N2O. The Morgan fingerprint density at radius 1 is 1.33 bits per heavy atom. The molecule has 1 aliphatic carbocycles. The fourth-order valence-electron chi connectivity index (χ4n) is 3.35. The first-order valence-electron chi connectivity index (χ1n) is 6.36. The van der Waals surface area contributed by atoms with E-state index in [2.05, 4.69) is 17.1 Å². The molecule has 0 aromatic carbocycles. The van der Waals surface area contributed by atoms with Crippen LogP contribution in [-0.2, 0) is 4.74 Å². The third-order valence-corrected chi connectivity index (χ3v) is 4.47. The van der Waals surface area contributed by atoms with Gasteiger partial charge < -0.3 is 10.1 Å². The molecule has 0 bridgehead atoms. The zero-order valence-corrected chi connectivity index (χ0v) is 9.67. The van der Waals surface area contributed by atoms with Crippen molar-refractivity contribution in [2.45, 2.75) is 37.8 Å². The van der Waals surface area contributed by atoms with Crippen LogP contribution in [-0.4, -0.2) is 49.3 Å². The fourth-order valence-corrected chi connectivity index (χ4v) is 3.35. The number of hydrogen-bond acceptors (Lipinski definition) is 3. The molecule has 0 aromatic rings. The molecule has 2 aliphatic heterocycles. The average molecular weight is 210 g/mol. The summed E-state index contributed by atoms with van der Waals surface area (Å²) < 4.78 is 5.54. The number of piperazine rings is 1. The molecule has 0 spiro atoms. The second kappa shape index (κ2) is 3.72. The van der Waals surface area contributed by atoms with E-state index in [0.717, 1.165) is 25.7 Å². The van der Waals surface area contributed by atoms with E-state index in [9.17, 15) is 0 Å². The predicted octanol–water partition coefficient (Wildman–Crippen LogP) is 0.849. The Kier molecular flexibility index (Phi) is 2.49. The van der Waals surface area contributed by atoms with Gasteiger partial charge in [0.25, 0.3) is 0 Å². The summed E-state index contributed by atoms with van der Waals surface area (Å²) in [5, 5.41) is 3.57. The van der Waals surface area contributed by atoms with Crippen LogP contribution in [0, 0.1) is 5.92 Å². The molecule has 0 aromatic heterocycles. The standard InChI is InChI=1S/C12H22N2O/c1-12(10-2-3-10)9-13-5-6-14(12)11-4-7-15-8-11/h10-11,13H,2-9H2,1H3. The quantitative estimate of drug-likeness (QED) is 0.731. The van der Waals surface area contributed by atoms with Crippen LogP contribution in [0.4, 0.5) is 0 Å². The summed E-state index contributed by atoms with van der Waals surface area (Å²) >= 11 is 0. The zero-order chi connectivity index (χ0) is 10.3. The lowest BCUT2D eigenvalue weighted by molar-refractivity contribution is 0.0115. The van der Waals surface area contributed by atoms with E-state index >= 15 is 0 Å². The summed E-state index contributed by atoms with van der Waals surface area (Å²) in [6, 6.07) is 0.692. The van der Waals surface area contributed by atoms with Crippen molar-refractivity contribution in [3.8, 4) is 0 Å². The molecule has 1 saturated carbocycles. The van der Waals surface area contributed by atoms with Crippen LogP contribution in [0.15, 0.2) is 0 Å². The second-order valence-corrected chi connectivity index (χ2v) is 5.52. The van der Waals surface area contributed by atoms with Gasteiger partial charge in [0.15, 0.2) is 0 Å². The van der Waals surface area contributed by atoms with E-state index in [1.807, 2.05) is 0 Å². The molecule has 3 aliphatic rings. The summed E-state index contributed by atoms with van der Waals surface area (Å²) in [4.78, 5) is 2.74. The molecule has 2 unspecified atom stereocenters. The lowest BCUT2D eigenvalue weighted by Crippen LogP contribution is -2.64. The number of rotatable bonds is 2. The van der Waals surface area contributed by atoms with Crippen molar-refractivity contribution in [2.24, 2.45) is 5.92 Å². The maximum atomic E-state index is 5.54. The Morgan fingerprint density at radius 3 is 2.87 bits per heavy atom. The van der Waals surface area contributed by atoms with E-state index < -0.39 is 0 Å². The molecule has 0 radical (unpaired) electrons. The molecule has 3 nitrogen and oxygen atoms in total. The number of hydrogen-bond donors (Lipinski definition) is 1. The third-order valence-electron chi connectivity index (χ3n) is 4.47. The molecule has 86 valence electrons. The Labute approximate surface area is 92.2 Å². The summed E-state index contributed by atoms with van der Waals surface area (Å²) in [7, 11) is 0. The monoisotopic (exact) mass is 210 g/mol. The molecule has 3 heteroatoms. The highest BCUT2D eigenvalue weighted by Gasteiger charge is 2.49. The minimum atomic E-state index is 0.413. The van der Waals surface area contributed by atoms with Gasteiger partial charge in [-0.15, -0.1) is 0 Å². The third kappa shape index (κ3) is 1.71. The molecule has 2 atom stereocenters. The van der Waals surface area contributed by atoms with E-state index in [-0.39, 0.29) is 0 Å². The van der Waals surface area contributed by atoms with Gasteiger partial charge in [-0.2, -0.15) is 0 Å². The van der Waals surface area contributed by atoms with Crippen molar-refractivity contribution in [2.75, 3.05) is 32.8 Å². The van der Waals surface area contributed by atoms with Crippen LogP contribution in [0.25, 0.3) is 0 Å². The smallest absolute Gasteiger partial charge is 0.0622 e. The summed E-state index contributed by atoms with van der Waals surface area (Å²) in [5.74, 6) is 0.936. The van der Waals surface area contributed by atoms with Gasteiger partial charge in [-0.25, -0.2) is 0 Å². The van der Waals surface area contributed by atoms with Crippen LogP contribution < -0.4 is 5.32 Å². The van der Waals surface area contributed by atoms with Gasteiger partial charge in [-0.05, 0) is 32.1 Å². The van der Waals surface area contributed by atoms with E-state index in [1.54, 1.807) is 0 Å². The Balaban J connectivity index is 1.76. The van der Waals surface area contributed by atoms with Crippen LogP contribution in [0.5, 0.6) is 0 Å². The lowest BCUT2D eigenvalue weighted by Gasteiger charge is -2.48. The average Bonchev–Trinajstić information content (AvgIpc) is 2.98. The Bertz CT molecular complexity index is 236. The van der Waals surface area contributed by atoms with Crippen molar-refractivity contribution in [3.63, 3.8) is 0 Å². The molecule has 2 saturated heterocycles. The maximum Gasteiger partial charge on any atom is 0.0622 e. The van der Waals surface area contributed by atoms with E-state index in [1.165, 1.54) is 32.4 Å². The highest BCUT2D eigenvalue weighted by molar-refractivity contribution is 5.05. The maximum absolute atomic E-state index is 5.54. The molecule has 15 heavy (non-hydrogen) atoms. The van der Waals surface area contributed by atoms with Crippen molar-refractivity contribution < 1.29 is 4.74 Å². The van der Waals surface area contributed by atoms with Crippen molar-refractivity contribution in [3.05, 3.63) is 0 Å². The van der Waals surface area contributed by atoms with E-state index in [4.69, 9.17) is 4.74 Å². The minimum Gasteiger partial charge on any atom is -0.380 e. The van der Waals surface area contributed by atoms with Crippen molar-refractivity contribution >= 4 is 0 Å². The Hall–Kier alpha value is -0.120. The number of ether oxygens (including phenoxy) is 1. The molecule has 2 heterocycles. The fraction of sp³-hybridized carbons (Fsp3) is 1.00. The van der Waals surface area contributed by atoms with Gasteiger partial charge in [-0.1, -0.05) is 0 Å². The zero-order valence-electron chi connectivity index (χ0n) is 9.67. The first kappa shape index (κ1) is 10.1. The van der Waals surface area contributed by atoms with Crippen LogP contribution in [0.1, 0.15) is 26.2 Å². The molecule has 0 amide bonds. The Morgan fingerprint density at radius 2 is 2.20 bits per heavy atom. The highest BCUT2D eigenvalue weighted by atomic mass is 16.5. The van der Waals surface area contributed by atoms with Crippen LogP contribution >= 0.6 is 0 Å². The minimum absolute atomic E-state index is 0.413. The van der Waals surface area contributed by atoms with Gasteiger partial charge in [0.2, 0.25) is 0 Å². The summed E-state index contributed by atoms with van der Waals surface area (Å²) in [6.45, 7) is 7.92. The van der Waals surface area contributed by atoms with E-state index in [0.29, 0.717) is 11.6 Å². The topological polar surface area (TPSA) is 24.5 Å². The normalized spacial score (nSPS) is 43.4. The molecular weight excluding hydrogens is 188 g/mol. The van der Waals surface area contributed by atoms with Gasteiger partial charge in [0.1, 0.15) is 0 Å². The number of nitrogens with zero attached hydrogens (tertiary/aromatic N) is 1. The predicted molar refractivity (Wildman–Crippen MR) is 59.9 cm³/mol. The van der Waals surface area contributed by atoms with Gasteiger partial charge in [0.05, 0.1) is 6.61 Å². The molecule has 3 rings (SSSR count). The van der Waals surface area contributed by atoms with Crippen molar-refractivity contribution in [1.29, 1.82) is 0 Å². The van der Waals surface area contributed by atoms with Gasteiger partial charge in [0, 0.05) is 37.8 Å².